The van der Waals surface area contributed by atoms with Crippen LogP contribution in [0, 0.1) is 29.0 Å². The van der Waals surface area contributed by atoms with E-state index in [-0.39, 0.29) is 17.9 Å². The van der Waals surface area contributed by atoms with Gasteiger partial charge in [0.15, 0.2) is 17.3 Å². The molecule has 0 spiro atoms. The number of halogens is 1. The average molecular weight is 502 g/mol. The highest BCUT2D eigenvalue weighted by molar-refractivity contribution is 5.97. The Kier molecular flexibility index (Phi) is 11.6. The molecule has 2 N–H and O–H groups in total. The van der Waals surface area contributed by atoms with Gasteiger partial charge in [-0.2, -0.15) is 4.39 Å². The molecule has 3 rings (SSSR count). The Labute approximate surface area is 220 Å². The van der Waals surface area contributed by atoms with Gasteiger partial charge in [-0.1, -0.05) is 63.2 Å². The van der Waals surface area contributed by atoms with Gasteiger partial charge in [-0.15, -0.1) is 11.8 Å². The standard InChI is InChI=1S/C24H22FNO3.C8H14/c1-15(26)20-5-3-4-19(13-20)12-17-6-8-18(9-7-17)14-29-22-11-10-21(16(2)27)24(28)23(22)25;1-4-6-7-8(3)5-2/h3-11,13,26,28H,12,14H2,1-2H3;8H,4-5H2,1-3H3. The second-order valence-corrected chi connectivity index (χ2v) is 8.92. The number of ether oxygens (including phenoxy) is 1. The van der Waals surface area contributed by atoms with Crippen molar-refractivity contribution in [1.29, 1.82) is 5.41 Å². The Morgan fingerprint density at radius 2 is 1.70 bits per heavy atom. The van der Waals surface area contributed by atoms with E-state index in [1.807, 2.05) is 48.5 Å². The van der Waals surface area contributed by atoms with Gasteiger partial charge in [-0.3, -0.25) is 4.79 Å². The van der Waals surface area contributed by atoms with Crippen LogP contribution in [0.5, 0.6) is 11.5 Å². The number of hydrogen-bond donors (Lipinski definition) is 2. The smallest absolute Gasteiger partial charge is 0.207 e. The molecular formula is C32H36FNO3. The van der Waals surface area contributed by atoms with Crippen molar-refractivity contribution in [2.75, 3.05) is 0 Å². The van der Waals surface area contributed by atoms with Crippen molar-refractivity contribution in [2.45, 2.75) is 60.5 Å². The Balaban J connectivity index is 0.000000521. The molecule has 0 fully saturated rings. The maximum atomic E-state index is 14.2. The molecule has 0 saturated heterocycles. The molecule has 0 heterocycles. The van der Waals surface area contributed by atoms with Crippen LogP contribution in [0.3, 0.4) is 0 Å². The van der Waals surface area contributed by atoms with Crippen molar-refractivity contribution in [3.8, 4) is 23.3 Å². The van der Waals surface area contributed by atoms with E-state index in [1.165, 1.54) is 25.5 Å². The average Bonchev–Trinajstić information content (AvgIpc) is 2.89. The fraction of sp³-hybridized carbons (Fsp3) is 0.312. The van der Waals surface area contributed by atoms with Gasteiger partial charge in [-0.05, 0) is 67.1 Å². The Morgan fingerprint density at radius 3 is 2.30 bits per heavy atom. The van der Waals surface area contributed by atoms with Gasteiger partial charge in [0.05, 0.1) is 5.56 Å². The van der Waals surface area contributed by atoms with E-state index in [9.17, 15) is 14.3 Å². The Morgan fingerprint density at radius 1 is 1.03 bits per heavy atom. The third-order valence-corrected chi connectivity index (χ3v) is 5.78. The number of ketones is 1. The lowest BCUT2D eigenvalue weighted by Gasteiger charge is -2.11. The van der Waals surface area contributed by atoms with Crippen molar-refractivity contribution in [1.82, 2.24) is 0 Å². The molecule has 0 bridgehead atoms. The number of phenols is 1. The van der Waals surface area contributed by atoms with Crippen LogP contribution >= 0.6 is 0 Å². The minimum atomic E-state index is -0.935. The molecule has 0 saturated carbocycles. The maximum absolute atomic E-state index is 14.2. The topological polar surface area (TPSA) is 70.4 Å². The summed E-state index contributed by atoms with van der Waals surface area (Å²) in [7, 11) is 0. The lowest BCUT2D eigenvalue weighted by Crippen LogP contribution is -2.01. The van der Waals surface area contributed by atoms with E-state index in [0.717, 1.165) is 35.1 Å². The number of nitrogens with one attached hydrogen (secondary N) is 1. The first-order valence-corrected chi connectivity index (χ1v) is 12.5. The first kappa shape index (κ1) is 29.3. The molecule has 3 aromatic carbocycles. The van der Waals surface area contributed by atoms with E-state index in [4.69, 9.17) is 10.1 Å². The van der Waals surface area contributed by atoms with E-state index in [1.54, 1.807) is 6.92 Å². The molecular weight excluding hydrogens is 465 g/mol. The number of benzene rings is 3. The third kappa shape index (κ3) is 9.24. The minimum Gasteiger partial charge on any atom is -0.504 e. The summed E-state index contributed by atoms with van der Waals surface area (Å²) in [6.45, 7) is 9.56. The molecule has 1 atom stereocenters. The monoisotopic (exact) mass is 501 g/mol. The summed E-state index contributed by atoms with van der Waals surface area (Å²) in [5, 5.41) is 17.5. The van der Waals surface area contributed by atoms with Gasteiger partial charge in [0.2, 0.25) is 5.82 Å². The van der Waals surface area contributed by atoms with E-state index < -0.39 is 17.3 Å². The predicted molar refractivity (Wildman–Crippen MR) is 148 cm³/mol. The summed E-state index contributed by atoms with van der Waals surface area (Å²) in [6, 6.07) is 18.4. The molecule has 0 aliphatic heterocycles. The molecule has 0 aromatic heterocycles. The predicted octanol–water partition coefficient (Wildman–Crippen LogP) is 7.74. The zero-order chi connectivity index (χ0) is 27.4. The SMILES string of the molecule is CC(=N)c1cccc(Cc2ccc(COc3ccc(C(C)=O)c(O)c3F)cc2)c1.CCC#CC(C)CC. The van der Waals surface area contributed by atoms with Crippen LogP contribution in [-0.4, -0.2) is 16.6 Å². The molecule has 5 heteroatoms. The van der Waals surface area contributed by atoms with E-state index >= 15 is 0 Å². The maximum Gasteiger partial charge on any atom is 0.207 e. The van der Waals surface area contributed by atoms with Crippen LogP contribution in [0.15, 0.2) is 60.7 Å². The first-order chi connectivity index (χ1) is 17.7. The number of rotatable bonds is 8. The van der Waals surface area contributed by atoms with Crippen LogP contribution in [-0.2, 0) is 13.0 Å². The van der Waals surface area contributed by atoms with Crippen molar-refractivity contribution in [2.24, 2.45) is 5.92 Å². The molecule has 0 aliphatic rings. The fourth-order valence-corrected chi connectivity index (χ4v) is 3.38. The van der Waals surface area contributed by atoms with Crippen LogP contribution in [0.4, 0.5) is 4.39 Å². The first-order valence-electron chi connectivity index (χ1n) is 12.5. The van der Waals surface area contributed by atoms with Crippen molar-refractivity contribution in [3.05, 3.63) is 94.3 Å². The molecule has 0 radical (unpaired) electrons. The largest absolute Gasteiger partial charge is 0.504 e. The summed E-state index contributed by atoms with van der Waals surface area (Å²) in [4.78, 5) is 11.3. The molecule has 0 amide bonds. The van der Waals surface area contributed by atoms with Gasteiger partial charge < -0.3 is 15.3 Å². The summed E-state index contributed by atoms with van der Waals surface area (Å²) in [5.74, 6) is 4.64. The Bertz CT molecular complexity index is 1270. The molecule has 3 aromatic rings. The highest BCUT2D eigenvalue weighted by Gasteiger charge is 2.16. The number of carbonyl (C=O) groups excluding carboxylic acids is 1. The van der Waals surface area contributed by atoms with E-state index in [2.05, 4.69) is 32.6 Å². The van der Waals surface area contributed by atoms with Gasteiger partial charge in [-0.25, -0.2) is 0 Å². The van der Waals surface area contributed by atoms with Crippen LogP contribution in [0.1, 0.15) is 80.1 Å². The second kappa shape index (κ2) is 14.6. The van der Waals surface area contributed by atoms with Crippen LogP contribution in [0.2, 0.25) is 0 Å². The normalized spacial score (nSPS) is 10.9. The number of Topliss-reactive ketones (excluding diaryl/α,β-unsaturated/α-hetero) is 1. The summed E-state index contributed by atoms with van der Waals surface area (Å²) in [6.07, 6.45) is 2.91. The van der Waals surface area contributed by atoms with Crippen molar-refractivity contribution in [3.63, 3.8) is 0 Å². The number of aromatic hydroxyl groups is 1. The van der Waals surface area contributed by atoms with Crippen molar-refractivity contribution < 1.29 is 19.0 Å². The van der Waals surface area contributed by atoms with Crippen molar-refractivity contribution >= 4 is 11.5 Å². The lowest BCUT2D eigenvalue weighted by atomic mass is 10.0. The van der Waals surface area contributed by atoms with Gasteiger partial charge in [0, 0.05) is 18.1 Å². The molecule has 194 valence electrons. The quantitative estimate of drug-likeness (QED) is 0.188. The summed E-state index contributed by atoms with van der Waals surface area (Å²) >= 11 is 0. The highest BCUT2D eigenvalue weighted by atomic mass is 19.1. The second-order valence-electron chi connectivity index (χ2n) is 8.92. The molecule has 1 unspecified atom stereocenters. The fourth-order valence-electron chi connectivity index (χ4n) is 3.38. The van der Waals surface area contributed by atoms with Gasteiger partial charge in [0.25, 0.3) is 0 Å². The lowest BCUT2D eigenvalue weighted by molar-refractivity contribution is 0.101. The zero-order valence-electron chi connectivity index (χ0n) is 22.3. The number of phenolic OH excluding ortho intramolecular Hbond substituents is 1. The van der Waals surface area contributed by atoms with E-state index in [0.29, 0.717) is 11.6 Å². The number of hydrogen-bond acceptors (Lipinski definition) is 4. The number of carbonyl (C=O) groups is 1. The molecule has 0 aliphatic carbocycles. The Hall–Kier alpha value is -3.91. The third-order valence-electron chi connectivity index (χ3n) is 5.78. The molecule has 37 heavy (non-hydrogen) atoms. The van der Waals surface area contributed by atoms with Crippen LogP contribution in [0.25, 0.3) is 0 Å². The minimum absolute atomic E-state index is 0.0681. The van der Waals surface area contributed by atoms with Gasteiger partial charge in [0.1, 0.15) is 6.61 Å². The molecule has 4 nitrogen and oxygen atoms in total. The highest BCUT2D eigenvalue weighted by Crippen LogP contribution is 2.30. The zero-order valence-corrected chi connectivity index (χ0v) is 22.3. The summed E-state index contributed by atoms with van der Waals surface area (Å²) in [5.41, 5.74) is 4.47. The van der Waals surface area contributed by atoms with Crippen LogP contribution < -0.4 is 4.74 Å². The summed E-state index contributed by atoms with van der Waals surface area (Å²) < 4.78 is 19.6. The van der Waals surface area contributed by atoms with Gasteiger partial charge >= 0.3 is 0 Å².